The summed E-state index contributed by atoms with van der Waals surface area (Å²) in [6.45, 7) is 4.34. The number of aliphatic hydroxyl groups excluding tert-OH is 1. The minimum atomic E-state index is -0.567. The lowest BCUT2D eigenvalue weighted by molar-refractivity contribution is -0.127. The highest BCUT2D eigenvalue weighted by atomic mass is 35.5. The second-order valence-electron chi connectivity index (χ2n) is 4.58. The molecular weight excluding hydrogens is 266 g/mol. The van der Waals surface area contributed by atoms with Gasteiger partial charge < -0.3 is 15.2 Å². The van der Waals surface area contributed by atoms with E-state index in [4.69, 9.17) is 21.4 Å². The molecule has 0 aliphatic carbocycles. The summed E-state index contributed by atoms with van der Waals surface area (Å²) < 4.78 is 5.50. The molecule has 5 heteroatoms. The van der Waals surface area contributed by atoms with Crippen molar-refractivity contribution in [3.05, 3.63) is 29.3 Å². The second kappa shape index (κ2) is 8.02. The third-order valence-electron chi connectivity index (χ3n) is 2.74. The van der Waals surface area contributed by atoms with E-state index < -0.39 is 6.10 Å². The molecule has 0 radical (unpaired) electrons. The Morgan fingerprint density at radius 3 is 2.58 bits per heavy atom. The van der Waals surface area contributed by atoms with Gasteiger partial charge in [0.15, 0.2) is 6.10 Å². The van der Waals surface area contributed by atoms with Crippen LogP contribution in [0.4, 0.5) is 0 Å². The highest BCUT2D eigenvalue weighted by Crippen LogP contribution is 2.16. The standard InChI is InChI=1S/C14H20ClNO3/c1-10(7-8-17)9-16-14(18)11(2)19-13-5-3-12(15)4-6-13/h3-6,10-11,17H,7-9H2,1-2H3,(H,16,18). The molecule has 0 heterocycles. The lowest BCUT2D eigenvalue weighted by Gasteiger charge is -2.16. The molecule has 1 rings (SSSR count). The van der Waals surface area contributed by atoms with Crippen LogP contribution in [-0.4, -0.2) is 30.3 Å². The maximum Gasteiger partial charge on any atom is 0.260 e. The van der Waals surface area contributed by atoms with E-state index in [1.165, 1.54) is 0 Å². The fraction of sp³-hybridized carbons (Fsp3) is 0.500. The van der Waals surface area contributed by atoms with Gasteiger partial charge in [-0.2, -0.15) is 0 Å². The molecule has 0 spiro atoms. The number of benzene rings is 1. The first-order valence-electron chi connectivity index (χ1n) is 6.33. The number of halogens is 1. The van der Waals surface area contributed by atoms with Crippen molar-refractivity contribution >= 4 is 17.5 Å². The number of carbonyl (C=O) groups excluding carboxylic acids is 1. The molecule has 2 unspecified atom stereocenters. The molecule has 0 aromatic heterocycles. The number of aliphatic hydroxyl groups is 1. The van der Waals surface area contributed by atoms with E-state index in [0.717, 1.165) is 0 Å². The highest BCUT2D eigenvalue weighted by Gasteiger charge is 2.15. The first-order chi connectivity index (χ1) is 9.02. The summed E-state index contributed by atoms with van der Waals surface area (Å²) in [4.78, 5) is 11.8. The van der Waals surface area contributed by atoms with Crippen LogP contribution in [0, 0.1) is 5.92 Å². The van der Waals surface area contributed by atoms with E-state index in [1.807, 2.05) is 6.92 Å². The first-order valence-corrected chi connectivity index (χ1v) is 6.71. The molecule has 19 heavy (non-hydrogen) atoms. The van der Waals surface area contributed by atoms with Gasteiger partial charge in [0.25, 0.3) is 5.91 Å². The van der Waals surface area contributed by atoms with Crippen LogP contribution < -0.4 is 10.1 Å². The summed E-state index contributed by atoms with van der Waals surface area (Å²) in [5.41, 5.74) is 0. The zero-order valence-corrected chi connectivity index (χ0v) is 12.0. The Hall–Kier alpha value is -1.26. The van der Waals surface area contributed by atoms with Crippen LogP contribution in [0.15, 0.2) is 24.3 Å². The Morgan fingerprint density at radius 2 is 2.00 bits per heavy atom. The molecule has 0 fully saturated rings. The summed E-state index contributed by atoms with van der Waals surface area (Å²) in [6, 6.07) is 6.87. The zero-order valence-electron chi connectivity index (χ0n) is 11.2. The number of nitrogens with one attached hydrogen (secondary N) is 1. The molecule has 0 saturated carbocycles. The van der Waals surface area contributed by atoms with Crippen LogP contribution in [0.25, 0.3) is 0 Å². The van der Waals surface area contributed by atoms with Crippen LogP contribution in [0.1, 0.15) is 20.3 Å². The highest BCUT2D eigenvalue weighted by molar-refractivity contribution is 6.30. The average Bonchev–Trinajstić information content (AvgIpc) is 2.39. The maximum absolute atomic E-state index is 11.8. The van der Waals surface area contributed by atoms with E-state index in [0.29, 0.717) is 23.7 Å². The van der Waals surface area contributed by atoms with Gasteiger partial charge in [-0.3, -0.25) is 4.79 Å². The minimum Gasteiger partial charge on any atom is -0.481 e. The van der Waals surface area contributed by atoms with E-state index in [1.54, 1.807) is 31.2 Å². The molecule has 2 atom stereocenters. The maximum atomic E-state index is 11.8. The smallest absolute Gasteiger partial charge is 0.260 e. The molecule has 106 valence electrons. The molecule has 0 aliphatic rings. The SMILES string of the molecule is CC(CCO)CNC(=O)C(C)Oc1ccc(Cl)cc1. The van der Waals surface area contributed by atoms with Crippen LogP contribution in [0.3, 0.4) is 0 Å². The largest absolute Gasteiger partial charge is 0.481 e. The first kappa shape index (κ1) is 15.8. The van der Waals surface area contributed by atoms with Gasteiger partial charge in [-0.15, -0.1) is 0 Å². The van der Waals surface area contributed by atoms with E-state index in [2.05, 4.69) is 5.32 Å². The number of hydrogen-bond acceptors (Lipinski definition) is 3. The molecule has 4 nitrogen and oxygen atoms in total. The number of ether oxygens (including phenoxy) is 1. The Labute approximate surface area is 118 Å². The van der Waals surface area contributed by atoms with E-state index >= 15 is 0 Å². The van der Waals surface area contributed by atoms with Crippen molar-refractivity contribution in [3.63, 3.8) is 0 Å². The van der Waals surface area contributed by atoms with Gasteiger partial charge in [0.05, 0.1) is 0 Å². The Kier molecular flexibility index (Phi) is 6.67. The Balaban J connectivity index is 2.38. The van der Waals surface area contributed by atoms with Crippen LogP contribution in [0.5, 0.6) is 5.75 Å². The van der Waals surface area contributed by atoms with Gasteiger partial charge in [-0.1, -0.05) is 18.5 Å². The van der Waals surface area contributed by atoms with Gasteiger partial charge in [-0.05, 0) is 43.5 Å². The summed E-state index contributed by atoms with van der Waals surface area (Å²) in [6.07, 6.45) is 0.106. The number of hydrogen-bond donors (Lipinski definition) is 2. The monoisotopic (exact) mass is 285 g/mol. The van der Waals surface area contributed by atoms with Gasteiger partial charge in [0.2, 0.25) is 0 Å². The van der Waals surface area contributed by atoms with E-state index in [-0.39, 0.29) is 18.4 Å². The molecule has 1 amide bonds. The van der Waals surface area contributed by atoms with Crippen LogP contribution in [-0.2, 0) is 4.79 Å². The molecule has 0 aliphatic heterocycles. The molecular formula is C14H20ClNO3. The predicted octanol–water partition coefficient (Wildman–Crippen LogP) is 2.24. The van der Waals surface area contributed by atoms with Gasteiger partial charge >= 0.3 is 0 Å². The van der Waals surface area contributed by atoms with Gasteiger partial charge in [0.1, 0.15) is 5.75 Å². The second-order valence-corrected chi connectivity index (χ2v) is 5.01. The third kappa shape index (κ3) is 5.94. The lowest BCUT2D eigenvalue weighted by Crippen LogP contribution is -2.38. The van der Waals surface area contributed by atoms with Crippen molar-refractivity contribution < 1.29 is 14.6 Å². The van der Waals surface area contributed by atoms with Gasteiger partial charge in [-0.25, -0.2) is 0 Å². The van der Waals surface area contributed by atoms with Crippen molar-refractivity contribution in [1.29, 1.82) is 0 Å². The molecule has 1 aromatic carbocycles. The van der Waals surface area contributed by atoms with Crippen molar-refractivity contribution in [1.82, 2.24) is 5.32 Å². The lowest BCUT2D eigenvalue weighted by atomic mass is 10.1. The quantitative estimate of drug-likeness (QED) is 0.808. The normalized spacial score (nSPS) is 13.7. The fourth-order valence-corrected chi connectivity index (χ4v) is 1.64. The fourth-order valence-electron chi connectivity index (χ4n) is 1.51. The van der Waals surface area contributed by atoms with Crippen molar-refractivity contribution in [2.45, 2.75) is 26.4 Å². The summed E-state index contributed by atoms with van der Waals surface area (Å²) >= 11 is 5.77. The topological polar surface area (TPSA) is 58.6 Å². The van der Waals surface area contributed by atoms with Crippen LogP contribution >= 0.6 is 11.6 Å². The molecule has 2 N–H and O–H groups in total. The zero-order chi connectivity index (χ0) is 14.3. The summed E-state index contributed by atoms with van der Waals surface area (Å²) in [5.74, 6) is 0.687. The average molecular weight is 286 g/mol. The van der Waals surface area contributed by atoms with Crippen LogP contribution in [0.2, 0.25) is 5.02 Å². The number of carbonyl (C=O) groups is 1. The van der Waals surface area contributed by atoms with Crippen molar-refractivity contribution in [3.8, 4) is 5.75 Å². The Bertz CT molecular complexity index is 394. The number of rotatable bonds is 7. The summed E-state index contributed by atoms with van der Waals surface area (Å²) in [5, 5.41) is 12.2. The minimum absolute atomic E-state index is 0.133. The number of amides is 1. The predicted molar refractivity (Wildman–Crippen MR) is 75.4 cm³/mol. The summed E-state index contributed by atoms with van der Waals surface area (Å²) in [7, 11) is 0. The molecule has 0 bridgehead atoms. The van der Waals surface area contributed by atoms with Crippen molar-refractivity contribution in [2.24, 2.45) is 5.92 Å². The molecule has 1 aromatic rings. The molecule has 0 saturated heterocycles. The Morgan fingerprint density at radius 1 is 1.37 bits per heavy atom. The third-order valence-corrected chi connectivity index (χ3v) is 2.99. The van der Waals surface area contributed by atoms with Crippen molar-refractivity contribution in [2.75, 3.05) is 13.2 Å². The van der Waals surface area contributed by atoms with E-state index in [9.17, 15) is 4.79 Å². The van der Waals surface area contributed by atoms with Gasteiger partial charge in [0, 0.05) is 18.2 Å².